The third kappa shape index (κ3) is 9.52. The molecule has 260 valence electrons. The van der Waals surface area contributed by atoms with E-state index in [1.807, 2.05) is 24.3 Å². The highest BCUT2D eigenvalue weighted by Crippen LogP contribution is 2.39. The minimum atomic E-state index is -4.80. The first-order valence-electron chi connectivity index (χ1n) is 16.0. The summed E-state index contributed by atoms with van der Waals surface area (Å²) in [4.78, 5) is 35.6. The quantitative estimate of drug-likeness (QED) is 0.0808. The molecule has 0 heterocycles. The molecule has 2 aliphatic carbocycles. The average Bonchev–Trinajstić information content (AvgIpc) is 3.12. The van der Waals surface area contributed by atoms with Crippen molar-refractivity contribution in [3.63, 3.8) is 0 Å². The van der Waals surface area contributed by atoms with E-state index in [9.17, 15) is 27.6 Å². The van der Waals surface area contributed by atoms with Crippen LogP contribution in [-0.2, 0) is 25.2 Å². The SMILES string of the molecule is C=CC(=O)OC1CC=C(c2ccc(OCOc3ccc(OC(=O)c4ccc(C5=CCC(OC(=O)C=C)CC5)cc4)cc3C(F)(F)F)cc2)CC1. The second kappa shape index (κ2) is 16.2. The number of rotatable bonds is 12. The number of allylic oxidation sites excluding steroid dienone is 2. The Kier molecular flexibility index (Phi) is 11.6. The Balaban J connectivity index is 1.15. The number of carbonyl (C=O) groups is 3. The van der Waals surface area contributed by atoms with Crippen LogP contribution >= 0.6 is 0 Å². The van der Waals surface area contributed by atoms with E-state index in [0.717, 1.165) is 40.5 Å². The fourth-order valence-corrected chi connectivity index (χ4v) is 5.62. The summed E-state index contributed by atoms with van der Waals surface area (Å²) in [7, 11) is 0. The smallest absolute Gasteiger partial charge is 0.420 e. The first kappa shape index (κ1) is 35.7. The molecule has 0 fully saturated rings. The zero-order valence-corrected chi connectivity index (χ0v) is 27.1. The molecule has 0 radical (unpaired) electrons. The van der Waals surface area contributed by atoms with Crippen LogP contribution in [-0.4, -0.2) is 36.9 Å². The number of halogens is 3. The van der Waals surface area contributed by atoms with Crippen molar-refractivity contribution in [1.82, 2.24) is 0 Å². The summed E-state index contributed by atoms with van der Waals surface area (Å²) < 4.78 is 68.6. The number of carbonyl (C=O) groups excluding carboxylic acids is 3. The maximum atomic E-state index is 14.0. The zero-order chi connectivity index (χ0) is 35.7. The Morgan fingerprint density at radius 2 is 1.24 bits per heavy atom. The molecule has 5 rings (SSSR count). The van der Waals surface area contributed by atoms with E-state index in [1.54, 1.807) is 36.4 Å². The lowest BCUT2D eigenvalue weighted by molar-refractivity contribution is -0.144. The van der Waals surface area contributed by atoms with Crippen molar-refractivity contribution >= 4 is 29.1 Å². The summed E-state index contributed by atoms with van der Waals surface area (Å²) in [5, 5.41) is 0. The molecular weight excluding hydrogens is 653 g/mol. The third-order valence-electron chi connectivity index (χ3n) is 8.25. The highest BCUT2D eigenvalue weighted by molar-refractivity contribution is 5.91. The summed E-state index contributed by atoms with van der Waals surface area (Å²) in [6, 6.07) is 16.6. The Hall–Kier alpha value is -5.58. The first-order valence-corrected chi connectivity index (χ1v) is 16.0. The van der Waals surface area contributed by atoms with Gasteiger partial charge in [-0.1, -0.05) is 49.6 Å². The number of benzene rings is 3. The molecule has 0 saturated heterocycles. The normalized spacial score (nSPS) is 17.3. The van der Waals surface area contributed by atoms with Crippen molar-refractivity contribution in [2.75, 3.05) is 6.79 Å². The van der Waals surface area contributed by atoms with Crippen molar-refractivity contribution < 1.29 is 51.2 Å². The van der Waals surface area contributed by atoms with Crippen molar-refractivity contribution in [3.8, 4) is 17.2 Å². The standard InChI is InChI=1S/C39H35F3O8/c1-3-36(43)48-31-17-11-27(12-18-31)25-5-7-29(8-6-25)38(45)50-33-21-22-35(34(23-33)39(40,41)42)47-24-46-30-15-9-26(10-16-30)28-13-19-32(20-14-28)49-37(44)4-2/h3-11,13,15-16,21-23,31-32H,1-2,12,14,17-20,24H2. The molecule has 2 aliphatic rings. The molecule has 2 unspecified atom stereocenters. The second-order valence-corrected chi connectivity index (χ2v) is 11.6. The number of alkyl halides is 3. The van der Waals surface area contributed by atoms with Gasteiger partial charge in [-0.3, -0.25) is 0 Å². The lowest BCUT2D eigenvalue weighted by atomic mass is 9.91. The predicted molar refractivity (Wildman–Crippen MR) is 179 cm³/mol. The van der Waals surface area contributed by atoms with Crippen molar-refractivity contribution in [2.24, 2.45) is 0 Å². The largest absolute Gasteiger partial charge is 0.459 e. The van der Waals surface area contributed by atoms with Crippen molar-refractivity contribution in [1.29, 1.82) is 0 Å². The minimum Gasteiger partial charge on any atom is -0.459 e. The van der Waals surface area contributed by atoms with Crippen molar-refractivity contribution in [3.05, 3.63) is 126 Å². The van der Waals surface area contributed by atoms with Gasteiger partial charge >= 0.3 is 24.1 Å². The van der Waals surface area contributed by atoms with Gasteiger partial charge in [-0.05, 0) is 90.4 Å². The van der Waals surface area contributed by atoms with Crippen LogP contribution in [0.1, 0.15) is 65.6 Å². The number of hydrogen-bond acceptors (Lipinski definition) is 8. The molecule has 0 aliphatic heterocycles. The summed E-state index contributed by atoms with van der Waals surface area (Å²) in [6.45, 7) is 6.31. The van der Waals surface area contributed by atoms with Gasteiger partial charge in [0, 0.05) is 25.0 Å². The van der Waals surface area contributed by atoms with Crippen LogP contribution < -0.4 is 14.2 Å². The first-order chi connectivity index (χ1) is 24.0. The molecule has 11 heteroatoms. The van der Waals surface area contributed by atoms with Gasteiger partial charge in [0.25, 0.3) is 0 Å². The maximum absolute atomic E-state index is 14.0. The molecule has 3 aromatic rings. The molecule has 0 spiro atoms. The summed E-state index contributed by atoms with van der Waals surface area (Å²) in [5.41, 5.74) is 2.99. The average molecular weight is 689 g/mol. The Bertz CT molecular complexity index is 1790. The van der Waals surface area contributed by atoms with Gasteiger partial charge in [0.15, 0.2) is 0 Å². The molecule has 8 nitrogen and oxygen atoms in total. The Morgan fingerprint density at radius 3 is 1.72 bits per heavy atom. The third-order valence-corrected chi connectivity index (χ3v) is 8.25. The van der Waals surface area contributed by atoms with Crippen LogP contribution in [0.5, 0.6) is 17.2 Å². The molecule has 3 aromatic carbocycles. The highest BCUT2D eigenvalue weighted by Gasteiger charge is 2.35. The van der Waals surface area contributed by atoms with Crippen LogP contribution in [0.3, 0.4) is 0 Å². The van der Waals surface area contributed by atoms with E-state index < -0.39 is 42.2 Å². The fraction of sp³-hybridized carbons (Fsp3) is 0.256. The zero-order valence-electron chi connectivity index (χ0n) is 27.1. The molecule has 0 aromatic heterocycles. The van der Waals surface area contributed by atoms with Crippen LogP contribution in [0, 0.1) is 0 Å². The van der Waals surface area contributed by atoms with Gasteiger partial charge in [0.1, 0.15) is 35.0 Å². The van der Waals surface area contributed by atoms with Gasteiger partial charge < -0.3 is 23.7 Å². The maximum Gasteiger partial charge on any atom is 0.420 e. The van der Waals surface area contributed by atoms with Crippen molar-refractivity contribution in [2.45, 2.75) is 56.9 Å². The number of hydrogen-bond donors (Lipinski definition) is 0. The minimum absolute atomic E-state index is 0.161. The van der Waals surface area contributed by atoms with Crippen LogP contribution in [0.25, 0.3) is 11.1 Å². The van der Waals surface area contributed by atoms with E-state index in [1.165, 1.54) is 6.07 Å². The Morgan fingerprint density at radius 1 is 0.720 bits per heavy atom. The summed E-state index contributed by atoms with van der Waals surface area (Å²) >= 11 is 0. The molecule has 0 amide bonds. The summed E-state index contributed by atoms with van der Waals surface area (Å²) in [5.74, 6) is -2.12. The van der Waals surface area contributed by atoms with E-state index in [4.69, 9.17) is 23.7 Å². The van der Waals surface area contributed by atoms with Gasteiger partial charge in [-0.15, -0.1) is 0 Å². The van der Waals surface area contributed by atoms with E-state index in [2.05, 4.69) is 13.2 Å². The van der Waals surface area contributed by atoms with Gasteiger partial charge in [-0.2, -0.15) is 13.2 Å². The summed E-state index contributed by atoms with van der Waals surface area (Å²) in [6.07, 6.45) is 4.90. The molecule has 0 bridgehead atoms. The molecule has 0 N–H and O–H groups in total. The van der Waals surface area contributed by atoms with E-state index in [-0.39, 0.29) is 23.5 Å². The topological polar surface area (TPSA) is 97.4 Å². The van der Waals surface area contributed by atoms with E-state index >= 15 is 0 Å². The number of esters is 3. The molecular formula is C39H35F3O8. The van der Waals surface area contributed by atoms with Gasteiger partial charge in [-0.25, -0.2) is 14.4 Å². The van der Waals surface area contributed by atoms with E-state index in [0.29, 0.717) is 50.3 Å². The van der Waals surface area contributed by atoms with Gasteiger partial charge in [0.2, 0.25) is 6.79 Å². The van der Waals surface area contributed by atoms with Gasteiger partial charge in [0.05, 0.1) is 5.56 Å². The monoisotopic (exact) mass is 688 g/mol. The lowest BCUT2D eigenvalue weighted by Gasteiger charge is -2.22. The van der Waals surface area contributed by atoms with Crippen LogP contribution in [0.2, 0.25) is 0 Å². The predicted octanol–water partition coefficient (Wildman–Crippen LogP) is 8.67. The molecule has 0 saturated carbocycles. The fourth-order valence-electron chi connectivity index (χ4n) is 5.62. The molecule has 50 heavy (non-hydrogen) atoms. The number of ether oxygens (including phenoxy) is 5. The van der Waals surface area contributed by atoms with Crippen LogP contribution in [0.15, 0.2) is 104 Å². The Labute approximate surface area is 287 Å². The van der Waals surface area contributed by atoms with Crippen LogP contribution in [0.4, 0.5) is 13.2 Å². The second-order valence-electron chi connectivity index (χ2n) is 11.6. The highest BCUT2D eigenvalue weighted by atomic mass is 19.4. The molecule has 2 atom stereocenters. The lowest BCUT2D eigenvalue weighted by Crippen LogP contribution is -2.18.